The van der Waals surface area contributed by atoms with Crippen molar-refractivity contribution in [1.29, 1.82) is 0 Å². The molecule has 3 aromatic rings. The summed E-state index contributed by atoms with van der Waals surface area (Å²) in [6.07, 6.45) is 6.54. The predicted octanol–water partition coefficient (Wildman–Crippen LogP) is 3.25. The van der Waals surface area contributed by atoms with Gasteiger partial charge in [0.2, 0.25) is 0 Å². The molecule has 0 unspecified atom stereocenters. The van der Waals surface area contributed by atoms with Crippen LogP contribution < -0.4 is 10.2 Å². The maximum atomic E-state index is 12.5. The number of nitrogens with one attached hydrogen (secondary N) is 1. The van der Waals surface area contributed by atoms with Gasteiger partial charge in [-0.1, -0.05) is 13.0 Å². The van der Waals surface area contributed by atoms with Crippen LogP contribution in [0.1, 0.15) is 49.0 Å². The second kappa shape index (κ2) is 7.58. The highest BCUT2D eigenvalue weighted by Crippen LogP contribution is 2.26. The molecule has 7 nitrogen and oxygen atoms in total. The first-order chi connectivity index (χ1) is 13.6. The van der Waals surface area contributed by atoms with E-state index in [1.807, 2.05) is 29.7 Å². The first-order valence-electron chi connectivity index (χ1n) is 9.97. The molecule has 0 saturated heterocycles. The molecule has 2 aromatic heterocycles. The minimum Gasteiger partial charge on any atom is -0.355 e. The fourth-order valence-electron chi connectivity index (χ4n) is 3.42. The number of carbonyl (C=O) groups excluding carboxylic acids is 1. The molecule has 1 aliphatic carbocycles. The fourth-order valence-corrected chi connectivity index (χ4v) is 3.42. The number of fused-ring (bicyclic) bond motifs is 1. The number of hydrogen-bond donors (Lipinski definition) is 1. The van der Waals surface area contributed by atoms with Crippen LogP contribution in [0.4, 0.5) is 5.82 Å². The Morgan fingerprint density at radius 3 is 2.79 bits per heavy atom. The first-order valence-corrected chi connectivity index (χ1v) is 9.97. The van der Waals surface area contributed by atoms with Crippen molar-refractivity contribution in [2.24, 2.45) is 0 Å². The van der Waals surface area contributed by atoms with Crippen LogP contribution in [-0.4, -0.2) is 44.6 Å². The molecule has 4 rings (SSSR count). The van der Waals surface area contributed by atoms with Crippen molar-refractivity contribution < 1.29 is 4.79 Å². The minimum absolute atomic E-state index is 0.0245. The van der Waals surface area contributed by atoms with Gasteiger partial charge in [-0.05, 0) is 50.8 Å². The third-order valence-corrected chi connectivity index (χ3v) is 5.13. The van der Waals surface area contributed by atoms with Crippen molar-refractivity contribution in [1.82, 2.24) is 24.8 Å². The smallest absolute Gasteiger partial charge is 0.251 e. The predicted molar refractivity (Wildman–Crippen MR) is 110 cm³/mol. The van der Waals surface area contributed by atoms with Gasteiger partial charge in [-0.2, -0.15) is 0 Å². The molecule has 7 heteroatoms. The molecule has 1 N–H and O–H groups in total. The Bertz CT molecular complexity index is 1010. The molecule has 0 radical (unpaired) electrons. The number of imidazole rings is 1. The summed E-state index contributed by atoms with van der Waals surface area (Å²) in [5.41, 5.74) is 4.16. The van der Waals surface area contributed by atoms with Gasteiger partial charge < -0.3 is 10.2 Å². The molecule has 1 saturated carbocycles. The van der Waals surface area contributed by atoms with Gasteiger partial charge in [-0.15, -0.1) is 0 Å². The van der Waals surface area contributed by atoms with Crippen LogP contribution in [-0.2, 0) is 0 Å². The molecule has 146 valence electrons. The van der Waals surface area contributed by atoms with Crippen molar-refractivity contribution in [2.75, 3.05) is 18.0 Å². The van der Waals surface area contributed by atoms with Crippen molar-refractivity contribution in [2.45, 2.75) is 46.1 Å². The summed E-state index contributed by atoms with van der Waals surface area (Å²) in [7, 11) is 0. The summed E-state index contributed by atoms with van der Waals surface area (Å²) in [5.74, 6) is 0.831. The lowest BCUT2D eigenvalue weighted by atomic mass is 10.1. The summed E-state index contributed by atoms with van der Waals surface area (Å²) in [6.45, 7) is 8.09. The third-order valence-electron chi connectivity index (χ3n) is 5.13. The highest BCUT2D eigenvalue weighted by Gasteiger charge is 2.24. The van der Waals surface area contributed by atoms with Crippen LogP contribution in [0.15, 0.2) is 30.9 Å². The Hall–Kier alpha value is -2.96. The number of benzene rings is 1. The van der Waals surface area contributed by atoms with Gasteiger partial charge in [-0.25, -0.2) is 15.0 Å². The second-order valence-corrected chi connectivity index (χ2v) is 7.31. The Balaban J connectivity index is 1.76. The fraction of sp³-hybridized carbons (Fsp3) is 0.429. The Kier molecular flexibility index (Phi) is 4.98. The zero-order valence-electron chi connectivity index (χ0n) is 16.6. The number of nitrogens with zero attached hydrogens (tertiary/aromatic N) is 5. The quantitative estimate of drug-likeness (QED) is 0.683. The first kappa shape index (κ1) is 18.4. The summed E-state index contributed by atoms with van der Waals surface area (Å²) in [6, 6.07) is 6.09. The van der Waals surface area contributed by atoms with Crippen LogP contribution in [0.3, 0.4) is 0 Å². The molecule has 0 bridgehead atoms. The highest BCUT2D eigenvalue weighted by molar-refractivity contribution is 5.95. The van der Waals surface area contributed by atoms with Crippen LogP contribution in [0.5, 0.6) is 0 Å². The SMILES string of the molecule is CCCN(CC)c1ncnc2c1ncn2-c1cc(C(=O)NC2CC2)ccc1C. The number of aryl methyl sites for hydroxylation is 1. The van der Waals surface area contributed by atoms with Crippen molar-refractivity contribution >= 4 is 22.9 Å². The van der Waals surface area contributed by atoms with E-state index in [2.05, 4.69) is 39.0 Å². The van der Waals surface area contributed by atoms with Gasteiger partial charge in [0.1, 0.15) is 12.7 Å². The Morgan fingerprint density at radius 2 is 2.07 bits per heavy atom. The van der Waals surface area contributed by atoms with Crippen molar-refractivity contribution in [3.05, 3.63) is 42.0 Å². The Labute approximate surface area is 164 Å². The van der Waals surface area contributed by atoms with Gasteiger partial charge in [0.25, 0.3) is 5.91 Å². The lowest BCUT2D eigenvalue weighted by Crippen LogP contribution is -2.25. The molecular weight excluding hydrogens is 352 g/mol. The maximum Gasteiger partial charge on any atom is 0.251 e. The van der Waals surface area contributed by atoms with Crippen molar-refractivity contribution in [3.63, 3.8) is 0 Å². The summed E-state index contributed by atoms with van der Waals surface area (Å²) >= 11 is 0. The van der Waals surface area contributed by atoms with E-state index in [-0.39, 0.29) is 5.91 Å². The summed E-state index contributed by atoms with van der Waals surface area (Å²) in [4.78, 5) is 28.3. The topological polar surface area (TPSA) is 75.9 Å². The summed E-state index contributed by atoms with van der Waals surface area (Å²) < 4.78 is 1.95. The lowest BCUT2D eigenvalue weighted by Gasteiger charge is -2.21. The minimum atomic E-state index is -0.0245. The molecule has 2 heterocycles. The molecule has 0 spiro atoms. The third kappa shape index (κ3) is 3.44. The second-order valence-electron chi connectivity index (χ2n) is 7.31. The van der Waals surface area contributed by atoms with Crippen LogP contribution in [0, 0.1) is 6.92 Å². The van der Waals surface area contributed by atoms with E-state index in [1.54, 1.807) is 12.7 Å². The zero-order chi connectivity index (χ0) is 19.7. The van der Waals surface area contributed by atoms with Crippen LogP contribution in [0.25, 0.3) is 16.9 Å². The average molecular weight is 378 g/mol. The highest BCUT2D eigenvalue weighted by atomic mass is 16.1. The van der Waals surface area contributed by atoms with E-state index in [9.17, 15) is 4.79 Å². The van der Waals surface area contributed by atoms with E-state index in [0.29, 0.717) is 11.6 Å². The molecule has 28 heavy (non-hydrogen) atoms. The number of carbonyl (C=O) groups is 1. The van der Waals surface area contributed by atoms with Crippen LogP contribution in [0.2, 0.25) is 0 Å². The van der Waals surface area contributed by atoms with Gasteiger partial charge >= 0.3 is 0 Å². The lowest BCUT2D eigenvalue weighted by molar-refractivity contribution is 0.0951. The summed E-state index contributed by atoms with van der Waals surface area (Å²) in [5, 5.41) is 3.05. The van der Waals surface area contributed by atoms with E-state index in [0.717, 1.165) is 60.6 Å². The van der Waals surface area contributed by atoms with E-state index < -0.39 is 0 Å². The monoisotopic (exact) mass is 378 g/mol. The van der Waals surface area contributed by atoms with E-state index >= 15 is 0 Å². The number of aromatic nitrogens is 4. The van der Waals surface area contributed by atoms with Gasteiger partial charge in [-0.3, -0.25) is 9.36 Å². The average Bonchev–Trinajstić information content (AvgIpc) is 3.41. The van der Waals surface area contributed by atoms with E-state index in [4.69, 9.17) is 0 Å². The molecular formula is C21H26N6O. The number of amides is 1. The largest absolute Gasteiger partial charge is 0.355 e. The van der Waals surface area contributed by atoms with Gasteiger partial charge in [0.15, 0.2) is 17.0 Å². The zero-order valence-corrected chi connectivity index (χ0v) is 16.6. The molecule has 1 aromatic carbocycles. The standard InChI is InChI=1S/C21H26N6O/c1-4-10-26(5-2)19-18-20(23-12-22-19)27(13-24-18)17-11-15(7-6-14(17)3)21(28)25-16-8-9-16/h6-7,11-13,16H,4-5,8-10H2,1-3H3,(H,25,28). The normalized spacial score (nSPS) is 13.7. The number of rotatable bonds is 7. The molecule has 1 amide bonds. The maximum absolute atomic E-state index is 12.5. The molecule has 1 aliphatic rings. The van der Waals surface area contributed by atoms with Crippen molar-refractivity contribution in [3.8, 4) is 5.69 Å². The number of anilines is 1. The van der Waals surface area contributed by atoms with Crippen LogP contribution >= 0.6 is 0 Å². The van der Waals surface area contributed by atoms with E-state index in [1.165, 1.54) is 0 Å². The molecule has 0 atom stereocenters. The Morgan fingerprint density at radius 1 is 1.25 bits per heavy atom. The number of hydrogen-bond acceptors (Lipinski definition) is 5. The molecule has 0 aliphatic heterocycles. The van der Waals surface area contributed by atoms with Gasteiger partial charge in [0, 0.05) is 24.7 Å². The van der Waals surface area contributed by atoms with Gasteiger partial charge in [0.05, 0.1) is 5.69 Å². The molecule has 1 fully saturated rings.